The second-order valence-corrected chi connectivity index (χ2v) is 9.33. The van der Waals surface area contributed by atoms with Crippen LogP contribution in [0.1, 0.15) is 12.1 Å². The molecule has 0 unspecified atom stereocenters. The number of aromatic nitrogens is 4. The maximum absolute atomic E-state index is 13.1. The van der Waals surface area contributed by atoms with Gasteiger partial charge in [0.05, 0.1) is 20.9 Å². The Morgan fingerprint density at radius 2 is 1.97 bits per heavy atom. The van der Waals surface area contributed by atoms with E-state index in [0.717, 1.165) is 12.4 Å². The van der Waals surface area contributed by atoms with E-state index in [0.29, 0.717) is 5.69 Å². The topological polar surface area (TPSA) is 81.0 Å². The maximum Gasteiger partial charge on any atom is 0.433 e. The molecule has 3 heterocycles. The number of hydrogen-bond donors (Lipinski definition) is 0. The first-order valence-electron chi connectivity index (χ1n) is 8.84. The summed E-state index contributed by atoms with van der Waals surface area (Å²) in [7, 11) is -3.80. The highest BCUT2D eigenvalue weighted by Crippen LogP contribution is 2.33. The van der Waals surface area contributed by atoms with Crippen molar-refractivity contribution >= 4 is 27.3 Å². The fourth-order valence-corrected chi connectivity index (χ4v) is 5.57. The minimum atomic E-state index is -4.60. The monoisotopic (exact) mass is 457 g/mol. The summed E-state index contributed by atoms with van der Waals surface area (Å²) in [6.07, 6.45) is -0.253. The number of anilines is 1. The average molecular weight is 458 g/mol. The molecule has 1 aliphatic rings. The highest BCUT2D eigenvalue weighted by Gasteiger charge is 2.38. The van der Waals surface area contributed by atoms with Crippen LogP contribution in [-0.2, 0) is 16.0 Å². The molecule has 1 aliphatic heterocycles. The Kier molecular flexibility index (Phi) is 5.18. The molecule has 30 heavy (non-hydrogen) atoms. The molecule has 12 heteroatoms. The van der Waals surface area contributed by atoms with Gasteiger partial charge in [-0.3, -0.25) is 0 Å². The summed E-state index contributed by atoms with van der Waals surface area (Å²) >= 11 is 6.25. The lowest BCUT2D eigenvalue weighted by Crippen LogP contribution is -2.28. The normalized spacial score (nSPS) is 17.5. The van der Waals surface area contributed by atoms with Gasteiger partial charge in [0.25, 0.3) is 0 Å². The molecule has 158 valence electrons. The summed E-state index contributed by atoms with van der Waals surface area (Å²) < 4.78 is 66.5. The van der Waals surface area contributed by atoms with Crippen molar-refractivity contribution in [2.75, 3.05) is 18.0 Å². The van der Waals surface area contributed by atoms with Crippen LogP contribution in [0.15, 0.2) is 53.9 Å². The summed E-state index contributed by atoms with van der Waals surface area (Å²) in [4.78, 5) is 8.58. The summed E-state index contributed by atoms with van der Waals surface area (Å²) in [6, 6.07) is 7.07. The van der Waals surface area contributed by atoms with E-state index >= 15 is 0 Å². The molecule has 1 fully saturated rings. The lowest BCUT2D eigenvalue weighted by molar-refractivity contribution is -0.141. The SMILES string of the molecule is O=S(=O)(c1ccc(-n2cccn2)cc1Cl)[C@H]1CCN(c2cc(C(F)(F)F)ncn2)C1. The predicted molar refractivity (Wildman–Crippen MR) is 103 cm³/mol. The van der Waals surface area contributed by atoms with Gasteiger partial charge in [-0.05, 0) is 30.7 Å². The Morgan fingerprint density at radius 3 is 2.63 bits per heavy atom. The van der Waals surface area contributed by atoms with Crippen molar-refractivity contribution in [1.29, 1.82) is 0 Å². The number of alkyl halides is 3. The number of rotatable bonds is 4. The van der Waals surface area contributed by atoms with Gasteiger partial charge in [0.2, 0.25) is 0 Å². The number of hydrogen-bond acceptors (Lipinski definition) is 6. The Hall–Kier alpha value is -2.66. The molecule has 1 atom stereocenters. The zero-order valence-electron chi connectivity index (χ0n) is 15.3. The number of benzene rings is 1. The van der Waals surface area contributed by atoms with Gasteiger partial charge in [-0.1, -0.05) is 11.6 Å². The van der Waals surface area contributed by atoms with Gasteiger partial charge < -0.3 is 4.90 Å². The molecule has 2 aromatic heterocycles. The van der Waals surface area contributed by atoms with E-state index in [2.05, 4.69) is 15.1 Å². The Balaban J connectivity index is 1.57. The number of nitrogens with zero attached hydrogens (tertiary/aromatic N) is 5. The van der Waals surface area contributed by atoms with E-state index in [1.165, 1.54) is 17.0 Å². The third kappa shape index (κ3) is 3.86. The van der Waals surface area contributed by atoms with Gasteiger partial charge in [-0.2, -0.15) is 18.3 Å². The summed E-state index contributed by atoms with van der Waals surface area (Å²) in [6.45, 7) is 0.259. The maximum atomic E-state index is 13.1. The third-order valence-corrected chi connectivity index (χ3v) is 7.50. The molecule has 0 N–H and O–H groups in total. The van der Waals surface area contributed by atoms with Crippen LogP contribution >= 0.6 is 11.6 Å². The highest BCUT2D eigenvalue weighted by molar-refractivity contribution is 7.92. The van der Waals surface area contributed by atoms with Gasteiger partial charge in [0.15, 0.2) is 9.84 Å². The third-order valence-electron chi connectivity index (χ3n) is 4.84. The second-order valence-electron chi connectivity index (χ2n) is 6.73. The molecule has 7 nitrogen and oxygen atoms in total. The molecular formula is C18H15ClF3N5O2S. The fraction of sp³-hybridized carbons (Fsp3) is 0.278. The first kappa shape index (κ1) is 20.6. The van der Waals surface area contributed by atoms with Crippen molar-refractivity contribution in [3.05, 3.63) is 59.8 Å². The molecule has 0 bridgehead atoms. The molecule has 1 aromatic carbocycles. The summed E-state index contributed by atoms with van der Waals surface area (Å²) in [5, 5.41) is 3.31. The van der Waals surface area contributed by atoms with E-state index in [4.69, 9.17) is 11.6 Å². The minimum absolute atomic E-state index is 0.00782. The van der Waals surface area contributed by atoms with Crippen LogP contribution in [-0.4, -0.2) is 46.5 Å². The average Bonchev–Trinajstić information content (AvgIpc) is 3.39. The van der Waals surface area contributed by atoms with Crippen LogP contribution in [0.3, 0.4) is 0 Å². The summed E-state index contributed by atoms with van der Waals surface area (Å²) in [5.74, 6) is 0.0372. The number of halogens is 4. The van der Waals surface area contributed by atoms with Gasteiger partial charge in [-0.15, -0.1) is 0 Å². The molecule has 3 aromatic rings. The van der Waals surface area contributed by atoms with Crippen LogP contribution < -0.4 is 4.90 Å². The zero-order valence-corrected chi connectivity index (χ0v) is 16.9. The number of sulfone groups is 1. The van der Waals surface area contributed by atoms with E-state index in [9.17, 15) is 21.6 Å². The van der Waals surface area contributed by atoms with Crippen LogP contribution in [0.5, 0.6) is 0 Å². The van der Waals surface area contributed by atoms with Crippen molar-refractivity contribution in [1.82, 2.24) is 19.7 Å². The largest absolute Gasteiger partial charge is 0.433 e. The van der Waals surface area contributed by atoms with Crippen molar-refractivity contribution in [2.24, 2.45) is 0 Å². The first-order chi connectivity index (χ1) is 14.2. The Labute approximate surface area is 175 Å². The van der Waals surface area contributed by atoms with Gasteiger partial charge in [-0.25, -0.2) is 23.1 Å². The van der Waals surface area contributed by atoms with Gasteiger partial charge >= 0.3 is 6.18 Å². The van der Waals surface area contributed by atoms with Crippen molar-refractivity contribution in [3.8, 4) is 5.69 Å². The lowest BCUT2D eigenvalue weighted by atomic mass is 10.3. The predicted octanol–water partition coefficient (Wildman–Crippen LogP) is 3.39. The molecule has 4 rings (SSSR count). The fourth-order valence-electron chi connectivity index (χ4n) is 3.33. The molecule has 1 saturated heterocycles. The van der Waals surface area contributed by atoms with Gasteiger partial charge in [0.1, 0.15) is 17.8 Å². The molecule has 0 spiro atoms. The van der Waals surface area contributed by atoms with E-state index < -0.39 is 27.0 Å². The highest BCUT2D eigenvalue weighted by atomic mass is 35.5. The minimum Gasteiger partial charge on any atom is -0.355 e. The van der Waals surface area contributed by atoms with E-state index in [1.807, 2.05) is 0 Å². The lowest BCUT2D eigenvalue weighted by Gasteiger charge is -2.19. The first-order valence-corrected chi connectivity index (χ1v) is 10.8. The van der Waals surface area contributed by atoms with Crippen LogP contribution in [0.25, 0.3) is 5.69 Å². The summed E-state index contributed by atoms with van der Waals surface area (Å²) in [5.41, 5.74) is -0.464. The molecule has 0 amide bonds. The van der Waals surface area contributed by atoms with Crippen molar-refractivity contribution in [3.63, 3.8) is 0 Å². The van der Waals surface area contributed by atoms with Crippen LogP contribution in [0.4, 0.5) is 19.0 Å². The molecular weight excluding hydrogens is 443 g/mol. The standard InChI is InChI=1S/C18H15ClF3N5O2S/c19-14-8-12(27-6-1-5-25-27)2-3-15(14)30(28,29)13-4-7-26(10-13)17-9-16(18(20,21)22)23-11-24-17/h1-3,5-6,8-9,11,13H,4,7,10H2/t13-/m0/s1. The van der Waals surface area contributed by atoms with E-state index in [1.54, 1.807) is 29.2 Å². The Morgan fingerprint density at radius 1 is 1.17 bits per heavy atom. The quantitative estimate of drug-likeness (QED) is 0.597. The van der Waals surface area contributed by atoms with Crippen LogP contribution in [0, 0.1) is 0 Å². The van der Waals surface area contributed by atoms with Crippen LogP contribution in [0.2, 0.25) is 5.02 Å². The van der Waals surface area contributed by atoms with Crippen molar-refractivity contribution in [2.45, 2.75) is 22.7 Å². The second kappa shape index (κ2) is 7.55. The molecule has 0 saturated carbocycles. The Bertz CT molecular complexity index is 1170. The zero-order chi connectivity index (χ0) is 21.5. The smallest absolute Gasteiger partial charge is 0.355 e. The van der Waals surface area contributed by atoms with Gasteiger partial charge in [0, 0.05) is 31.5 Å². The van der Waals surface area contributed by atoms with E-state index in [-0.39, 0.29) is 35.2 Å². The van der Waals surface area contributed by atoms with Crippen molar-refractivity contribution < 1.29 is 21.6 Å². The molecule has 0 aliphatic carbocycles. The molecule has 0 radical (unpaired) electrons.